The number of carbonyl (C=O) groups is 1. The van der Waals surface area contributed by atoms with E-state index in [1.54, 1.807) is 49.4 Å². The molecule has 224 valence electrons. The first-order chi connectivity index (χ1) is 21.0. The van der Waals surface area contributed by atoms with Crippen molar-refractivity contribution in [2.45, 2.75) is 19.7 Å². The first-order valence-electron chi connectivity index (χ1n) is 13.2. The van der Waals surface area contributed by atoms with Gasteiger partial charge in [0.15, 0.2) is 17.3 Å². The van der Waals surface area contributed by atoms with Crippen LogP contribution in [0.15, 0.2) is 94.8 Å². The summed E-state index contributed by atoms with van der Waals surface area (Å²) in [5.74, 6) is -0.685. The van der Waals surface area contributed by atoms with Crippen molar-refractivity contribution in [2.24, 2.45) is 5.10 Å². The molecular formula is C32H23ClF3N3O5. The predicted molar refractivity (Wildman–Crippen MR) is 160 cm³/mol. The summed E-state index contributed by atoms with van der Waals surface area (Å²) in [6.45, 7) is 2.03. The van der Waals surface area contributed by atoms with Gasteiger partial charge in [-0.3, -0.25) is 4.79 Å². The first kappa shape index (κ1) is 30.3. The van der Waals surface area contributed by atoms with Gasteiger partial charge in [-0.05, 0) is 66.6 Å². The molecule has 1 heterocycles. The number of nitrogens with zero attached hydrogens (tertiary/aromatic N) is 3. The van der Waals surface area contributed by atoms with Gasteiger partial charge in [-0.2, -0.15) is 22.9 Å². The average Bonchev–Trinajstić information content (AvgIpc) is 3.00. The highest BCUT2D eigenvalue weighted by molar-refractivity contribution is 6.32. The Balaban J connectivity index is 1.54. The normalized spacial score (nSPS) is 11.7. The minimum absolute atomic E-state index is 0.00680. The zero-order chi connectivity index (χ0) is 31.4. The number of fused-ring (bicyclic) bond motifs is 1. The molecule has 0 aliphatic rings. The highest BCUT2D eigenvalue weighted by Crippen LogP contribution is 2.37. The third kappa shape index (κ3) is 6.57. The molecule has 0 amide bonds. The van der Waals surface area contributed by atoms with Crippen molar-refractivity contribution in [3.05, 3.63) is 123 Å². The molecular weight excluding hydrogens is 599 g/mol. The van der Waals surface area contributed by atoms with Crippen LogP contribution in [0.2, 0.25) is 5.02 Å². The minimum Gasteiger partial charge on any atom is -0.490 e. The first-order valence-corrected chi connectivity index (χ1v) is 13.6. The third-order valence-corrected chi connectivity index (χ3v) is 6.69. The van der Waals surface area contributed by atoms with E-state index < -0.39 is 23.3 Å². The Morgan fingerprint density at radius 3 is 2.55 bits per heavy atom. The molecule has 0 saturated heterocycles. The Bertz CT molecular complexity index is 1960. The third-order valence-electron chi connectivity index (χ3n) is 6.41. The second-order valence-corrected chi connectivity index (χ2v) is 9.86. The molecule has 0 saturated carbocycles. The van der Waals surface area contributed by atoms with Crippen molar-refractivity contribution in [2.75, 3.05) is 6.61 Å². The van der Waals surface area contributed by atoms with Gasteiger partial charge in [-0.1, -0.05) is 48.0 Å². The molecule has 4 aromatic carbocycles. The summed E-state index contributed by atoms with van der Waals surface area (Å²) in [4.78, 5) is 29.2. The van der Waals surface area contributed by atoms with Crippen LogP contribution in [0.3, 0.4) is 0 Å². The van der Waals surface area contributed by atoms with Gasteiger partial charge in [0.2, 0.25) is 0 Å². The molecule has 44 heavy (non-hydrogen) atoms. The maximum absolute atomic E-state index is 13.5. The van der Waals surface area contributed by atoms with Crippen LogP contribution in [0.4, 0.5) is 13.2 Å². The SMILES string of the molecule is CCOc1cc(C=Nn2c(-c3cccc(C(F)(F)F)c3)nc3ccccc3c2=O)cc(Cl)c1OCc1cccc(C(=O)O)c1. The number of hydrogen-bond acceptors (Lipinski definition) is 6. The zero-order valence-corrected chi connectivity index (χ0v) is 23.8. The van der Waals surface area contributed by atoms with Gasteiger partial charge in [0, 0.05) is 5.56 Å². The molecule has 1 aromatic heterocycles. The second kappa shape index (κ2) is 12.6. The van der Waals surface area contributed by atoms with Crippen molar-refractivity contribution in [1.29, 1.82) is 0 Å². The standard InChI is InChI=1S/C32H23ClF3N3O5/c1-2-43-27-15-20(14-25(33)28(27)44-18-19-7-5-9-22(13-19)31(41)42)17-37-39-29(21-8-6-10-23(16-21)32(34,35)36)38-26-12-4-3-11-24(26)30(39)40/h3-17H,2,18H2,1H3,(H,41,42). The fourth-order valence-electron chi connectivity index (χ4n) is 4.39. The summed E-state index contributed by atoms with van der Waals surface area (Å²) in [7, 11) is 0. The number of carboxylic acid groups (broad SMARTS) is 1. The molecule has 0 aliphatic carbocycles. The van der Waals surface area contributed by atoms with Gasteiger partial charge in [-0.15, -0.1) is 0 Å². The molecule has 5 aromatic rings. The number of ether oxygens (including phenoxy) is 2. The van der Waals surface area contributed by atoms with E-state index in [-0.39, 0.29) is 52.1 Å². The summed E-state index contributed by atoms with van der Waals surface area (Å²) in [6, 6.07) is 20.3. The molecule has 1 N–H and O–H groups in total. The number of rotatable bonds is 9. The van der Waals surface area contributed by atoms with Crippen molar-refractivity contribution in [1.82, 2.24) is 9.66 Å². The molecule has 0 radical (unpaired) electrons. The molecule has 5 rings (SSSR count). The molecule has 12 heteroatoms. The lowest BCUT2D eigenvalue weighted by Crippen LogP contribution is -2.20. The number of para-hydroxylation sites is 1. The van der Waals surface area contributed by atoms with E-state index in [1.807, 2.05) is 0 Å². The Labute approximate surface area is 253 Å². The van der Waals surface area contributed by atoms with Gasteiger partial charge in [0.1, 0.15) is 6.61 Å². The Hall–Kier alpha value is -5.16. The number of alkyl halides is 3. The Morgan fingerprint density at radius 1 is 1.02 bits per heavy atom. The van der Waals surface area contributed by atoms with Crippen LogP contribution in [0.5, 0.6) is 11.5 Å². The smallest absolute Gasteiger partial charge is 0.416 e. The van der Waals surface area contributed by atoms with Crippen molar-refractivity contribution in [3.8, 4) is 22.9 Å². The van der Waals surface area contributed by atoms with E-state index in [0.717, 1.165) is 16.8 Å². The largest absolute Gasteiger partial charge is 0.490 e. The van der Waals surface area contributed by atoms with Crippen LogP contribution in [0.1, 0.15) is 34.0 Å². The van der Waals surface area contributed by atoms with Crippen LogP contribution in [-0.2, 0) is 12.8 Å². The number of aromatic carboxylic acids is 1. The summed E-state index contributed by atoms with van der Waals surface area (Å²) < 4.78 is 53.0. The predicted octanol–water partition coefficient (Wildman–Crippen LogP) is 7.29. The Kier molecular flexibility index (Phi) is 8.68. The number of halogens is 4. The molecule has 0 aliphatic heterocycles. The maximum atomic E-state index is 13.5. The number of carboxylic acids is 1. The van der Waals surface area contributed by atoms with E-state index in [9.17, 15) is 27.9 Å². The summed E-state index contributed by atoms with van der Waals surface area (Å²) in [5, 5.41) is 13.9. The number of aromatic nitrogens is 2. The van der Waals surface area contributed by atoms with E-state index >= 15 is 0 Å². The monoisotopic (exact) mass is 621 g/mol. The molecule has 8 nitrogen and oxygen atoms in total. The van der Waals surface area contributed by atoms with Gasteiger partial charge in [0.25, 0.3) is 5.56 Å². The van der Waals surface area contributed by atoms with E-state index in [0.29, 0.717) is 16.6 Å². The van der Waals surface area contributed by atoms with Gasteiger partial charge in [-0.25, -0.2) is 9.78 Å². The molecule has 0 atom stereocenters. The molecule has 0 unspecified atom stereocenters. The number of hydrogen-bond donors (Lipinski definition) is 1. The van der Waals surface area contributed by atoms with Crippen molar-refractivity contribution >= 4 is 34.7 Å². The summed E-state index contributed by atoms with van der Waals surface area (Å²) >= 11 is 6.55. The fourth-order valence-corrected chi connectivity index (χ4v) is 4.67. The lowest BCUT2D eigenvalue weighted by atomic mass is 10.1. The van der Waals surface area contributed by atoms with Crippen molar-refractivity contribution < 1.29 is 32.5 Å². The summed E-state index contributed by atoms with van der Waals surface area (Å²) in [5.41, 5.74) is -0.0351. The average molecular weight is 622 g/mol. The highest BCUT2D eigenvalue weighted by Gasteiger charge is 2.31. The van der Waals surface area contributed by atoms with Crippen LogP contribution in [-0.4, -0.2) is 33.6 Å². The van der Waals surface area contributed by atoms with E-state index in [2.05, 4.69) is 10.1 Å². The molecule has 0 fully saturated rings. The topological polar surface area (TPSA) is 103 Å². The fraction of sp³-hybridized carbons (Fsp3) is 0.125. The van der Waals surface area contributed by atoms with E-state index in [4.69, 9.17) is 21.1 Å². The van der Waals surface area contributed by atoms with Gasteiger partial charge < -0.3 is 14.6 Å². The van der Waals surface area contributed by atoms with Crippen LogP contribution >= 0.6 is 11.6 Å². The quantitative estimate of drug-likeness (QED) is 0.173. The lowest BCUT2D eigenvalue weighted by molar-refractivity contribution is -0.137. The number of benzene rings is 4. The highest BCUT2D eigenvalue weighted by atomic mass is 35.5. The van der Waals surface area contributed by atoms with Crippen LogP contribution in [0, 0.1) is 0 Å². The molecule has 0 bridgehead atoms. The summed E-state index contributed by atoms with van der Waals surface area (Å²) in [6.07, 6.45) is -3.29. The van der Waals surface area contributed by atoms with Gasteiger partial charge >= 0.3 is 12.1 Å². The minimum atomic E-state index is -4.60. The van der Waals surface area contributed by atoms with E-state index in [1.165, 1.54) is 36.5 Å². The van der Waals surface area contributed by atoms with Crippen LogP contribution < -0.4 is 15.0 Å². The zero-order valence-electron chi connectivity index (χ0n) is 23.0. The van der Waals surface area contributed by atoms with Crippen LogP contribution in [0.25, 0.3) is 22.3 Å². The molecule has 0 spiro atoms. The van der Waals surface area contributed by atoms with Gasteiger partial charge in [0.05, 0.1) is 39.9 Å². The second-order valence-electron chi connectivity index (χ2n) is 9.45. The van der Waals surface area contributed by atoms with Crippen molar-refractivity contribution in [3.63, 3.8) is 0 Å². The maximum Gasteiger partial charge on any atom is 0.416 e. The lowest BCUT2D eigenvalue weighted by Gasteiger charge is -2.15. The Morgan fingerprint density at radius 2 is 1.80 bits per heavy atom.